The van der Waals surface area contributed by atoms with Gasteiger partial charge in [0.2, 0.25) is 0 Å². The summed E-state index contributed by atoms with van der Waals surface area (Å²) in [6.07, 6.45) is 2.07. The van der Waals surface area contributed by atoms with Crippen molar-refractivity contribution in [2.24, 2.45) is 5.92 Å². The second-order valence-electron chi connectivity index (χ2n) is 3.18. The molecule has 0 saturated heterocycles. The molecule has 0 heterocycles. The lowest BCUT2D eigenvalue weighted by Gasteiger charge is -1.95. The summed E-state index contributed by atoms with van der Waals surface area (Å²) >= 11 is 0. The van der Waals surface area contributed by atoms with E-state index in [1.165, 1.54) is 0 Å². The van der Waals surface area contributed by atoms with Crippen LogP contribution < -0.4 is 0 Å². The standard InChI is InChI=1S/C8H18O3P/c1-8(2)7-11-12(10)6-4-3-5-9/h8-9H,3-7H2,1-2H3/q+1. The predicted molar refractivity (Wildman–Crippen MR) is 49.6 cm³/mol. The Balaban J connectivity index is 3.22. The van der Waals surface area contributed by atoms with Gasteiger partial charge in [-0.15, -0.1) is 4.52 Å². The van der Waals surface area contributed by atoms with Crippen LogP contribution in [-0.2, 0) is 9.09 Å². The van der Waals surface area contributed by atoms with Gasteiger partial charge < -0.3 is 5.11 Å². The molecule has 72 valence electrons. The second-order valence-corrected chi connectivity index (χ2v) is 4.55. The highest BCUT2D eigenvalue weighted by Gasteiger charge is 2.16. The molecule has 0 aromatic carbocycles. The predicted octanol–water partition coefficient (Wildman–Crippen LogP) is 2.17. The summed E-state index contributed by atoms with van der Waals surface area (Å²) in [4.78, 5) is 0. The largest absolute Gasteiger partial charge is 0.508 e. The molecule has 0 saturated carbocycles. The summed E-state index contributed by atoms with van der Waals surface area (Å²) < 4.78 is 16.1. The van der Waals surface area contributed by atoms with E-state index in [-0.39, 0.29) is 6.61 Å². The summed E-state index contributed by atoms with van der Waals surface area (Å²) in [7, 11) is -1.49. The fraction of sp³-hybridized carbons (Fsp3) is 1.00. The van der Waals surface area contributed by atoms with E-state index in [0.29, 0.717) is 25.1 Å². The highest BCUT2D eigenvalue weighted by atomic mass is 31.1. The van der Waals surface area contributed by atoms with Crippen LogP contribution in [0.5, 0.6) is 0 Å². The van der Waals surface area contributed by atoms with Crippen LogP contribution in [0.25, 0.3) is 0 Å². The molecule has 1 atom stereocenters. The van der Waals surface area contributed by atoms with Crippen molar-refractivity contribution in [3.05, 3.63) is 0 Å². The molecule has 0 aliphatic rings. The quantitative estimate of drug-likeness (QED) is 0.498. The van der Waals surface area contributed by atoms with E-state index < -0.39 is 8.03 Å². The van der Waals surface area contributed by atoms with Crippen LogP contribution in [0, 0.1) is 5.92 Å². The van der Waals surface area contributed by atoms with Gasteiger partial charge in [-0.05, 0) is 23.3 Å². The summed E-state index contributed by atoms with van der Waals surface area (Å²) in [5, 5.41) is 8.46. The van der Waals surface area contributed by atoms with Gasteiger partial charge >= 0.3 is 8.03 Å². The minimum absolute atomic E-state index is 0.174. The number of aliphatic hydroxyl groups is 1. The van der Waals surface area contributed by atoms with Gasteiger partial charge in [-0.3, -0.25) is 0 Å². The molecule has 12 heavy (non-hydrogen) atoms. The molecule has 0 bridgehead atoms. The van der Waals surface area contributed by atoms with Gasteiger partial charge in [-0.1, -0.05) is 13.8 Å². The Hall–Kier alpha value is 0.0200. The minimum atomic E-state index is -1.49. The summed E-state index contributed by atoms with van der Waals surface area (Å²) in [5.74, 6) is 0.432. The second kappa shape index (κ2) is 7.66. The van der Waals surface area contributed by atoms with E-state index in [1.54, 1.807) is 0 Å². The number of aliphatic hydroxyl groups excluding tert-OH is 1. The van der Waals surface area contributed by atoms with Crippen LogP contribution in [0.3, 0.4) is 0 Å². The van der Waals surface area contributed by atoms with E-state index in [0.717, 1.165) is 6.42 Å². The first-order valence-corrected chi connectivity index (χ1v) is 5.71. The summed E-state index contributed by atoms with van der Waals surface area (Å²) in [6.45, 7) is 4.79. The lowest BCUT2D eigenvalue weighted by molar-refractivity contribution is 0.276. The van der Waals surface area contributed by atoms with E-state index in [1.807, 2.05) is 13.8 Å². The minimum Gasteiger partial charge on any atom is -0.396 e. The fourth-order valence-electron chi connectivity index (χ4n) is 0.649. The maximum absolute atomic E-state index is 11.1. The van der Waals surface area contributed by atoms with Gasteiger partial charge in [0, 0.05) is 6.61 Å². The molecule has 4 heteroatoms. The number of hydrogen-bond acceptors (Lipinski definition) is 3. The van der Waals surface area contributed by atoms with Crippen molar-refractivity contribution in [3.8, 4) is 0 Å². The highest BCUT2D eigenvalue weighted by molar-refractivity contribution is 7.39. The van der Waals surface area contributed by atoms with Gasteiger partial charge in [0.25, 0.3) is 0 Å². The monoisotopic (exact) mass is 193 g/mol. The molecule has 0 aliphatic heterocycles. The van der Waals surface area contributed by atoms with Crippen molar-refractivity contribution in [1.29, 1.82) is 0 Å². The Labute approximate surface area is 75.0 Å². The SMILES string of the molecule is CC(C)CO[P+](=O)CCCCO. The zero-order valence-corrected chi connectivity index (χ0v) is 8.72. The van der Waals surface area contributed by atoms with Gasteiger partial charge in [-0.25, -0.2) is 0 Å². The van der Waals surface area contributed by atoms with Crippen molar-refractivity contribution in [2.75, 3.05) is 19.4 Å². The first kappa shape index (κ1) is 12.0. The topological polar surface area (TPSA) is 46.5 Å². The molecule has 0 fully saturated rings. The third kappa shape index (κ3) is 8.12. The first-order valence-electron chi connectivity index (χ1n) is 4.35. The van der Waals surface area contributed by atoms with Crippen molar-refractivity contribution in [3.63, 3.8) is 0 Å². The van der Waals surface area contributed by atoms with Crippen LogP contribution in [0.1, 0.15) is 26.7 Å². The smallest absolute Gasteiger partial charge is 0.396 e. The van der Waals surface area contributed by atoms with Crippen LogP contribution in [-0.4, -0.2) is 24.5 Å². The molecule has 0 amide bonds. The van der Waals surface area contributed by atoms with Crippen LogP contribution in [0.2, 0.25) is 0 Å². The van der Waals surface area contributed by atoms with Gasteiger partial charge in [0.05, 0.1) is 0 Å². The van der Waals surface area contributed by atoms with Crippen molar-refractivity contribution in [1.82, 2.24) is 0 Å². The van der Waals surface area contributed by atoms with Crippen LogP contribution in [0.15, 0.2) is 0 Å². The van der Waals surface area contributed by atoms with Crippen molar-refractivity contribution >= 4 is 8.03 Å². The van der Waals surface area contributed by atoms with Gasteiger partial charge in [-0.2, -0.15) is 0 Å². The van der Waals surface area contributed by atoms with E-state index >= 15 is 0 Å². The fourth-order valence-corrected chi connectivity index (χ4v) is 1.72. The maximum Gasteiger partial charge on any atom is 0.508 e. The molecular weight excluding hydrogens is 175 g/mol. The number of unbranched alkanes of at least 4 members (excludes halogenated alkanes) is 1. The lowest BCUT2D eigenvalue weighted by Crippen LogP contribution is -1.97. The molecule has 1 unspecified atom stereocenters. The lowest BCUT2D eigenvalue weighted by atomic mass is 10.2. The molecule has 1 N–H and O–H groups in total. The van der Waals surface area contributed by atoms with Gasteiger partial charge in [0.15, 0.2) is 6.16 Å². The maximum atomic E-state index is 11.1. The Morgan fingerprint density at radius 3 is 2.58 bits per heavy atom. The summed E-state index contributed by atoms with van der Waals surface area (Å²) in [6, 6.07) is 0. The third-order valence-corrected chi connectivity index (χ3v) is 2.42. The Kier molecular flexibility index (Phi) is 7.67. The normalized spacial score (nSPS) is 12.2. The first-order chi connectivity index (χ1) is 5.66. The number of hydrogen-bond donors (Lipinski definition) is 1. The Morgan fingerprint density at radius 2 is 2.08 bits per heavy atom. The van der Waals surface area contributed by atoms with Crippen molar-refractivity contribution in [2.45, 2.75) is 26.7 Å². The molecule has 0 aliphatic carbocycles. The van der Waals surface area contributed by atoms with Crippen molar-refractivity contribution < 1.29 is 14.2 Å². The zero-order valence-electron chi connectivity index (χ0n) is 7.82. The molecule has 0 spiro atoms. The molecule has 0 aromatic rings. The molecule has 0 radical (unpaired) electrons. The number of rotatable bonds is 7. The average Bonchev–Trinajstić information content (AvgIpc) is 2.01. The van der Waals surface area contributed by atoms with E-state index in [4.69, 9.17) is 9.63 Å². The zero-order chi connectivity index (χ0) is 9.40. The van der Waals surface area contributed by atoms with E-state index in [9.17, 15) is 4.57 Å². The van der Waals surface area contributed by atoms with E-state index in [2.05, 4.69) is 0 Å². The molecule has 0 rings (SSSR count). The van der Waals surface area contributed by atoms with Gasteiger partial charge in [0.1, 0.15) is 6.61 Å². The van der Waals surface area contributed by atoms with Crippen LogP contribution >= 0.6 is 8.03 Å². The molecular formula is C8H18O3P+. The molecule has 0 aromatic heterocycles. The average molecular weight is 193 g/mol. The third-order valence-electron chi connectivity index (χ3n) is 1.30. The highest BCUT2D eigenvalue weighted by Crippen LogP contribution is 2.24. The molecule has 3 nitrogen and oxygen atoms in total. The summed E-state index contributed by atoms with van der Waals surface area (Å²) in [5.41, 5.74) is 0. The van der Waals surface area contributed by atoms with Crippen LogP contribution in [0.4, 0.5) is 0 Å². The Bertz CT molecular complexity index is 125. The Morgan fingerprint density at radius 1 is 1.42 bits per heavy atom.